The summed E-state index contributed by atoms with van der Waals surface area (Å²) in [7, 11) is 0. The third-order valence-corrected chi connectivity index (χ3v) is 3.93. The standard InChI is InChI=1S/C13H17N3O/c1-13(7-3-2-6-10(13)14)12-16-11-9(17-12)5-4-8-15-11/h4-5,8,10H,2-3,6-7,14H2,1H3. The quantitative estimate of drug-likeness (QED) is 0.818. The fourth-order valence-electron chi connectivity index (χ4n) is 2.64. The molecule has 0 aromatic carbocycles. The molecule has 2 N–H and O–H groups in total. The second-order valence-electron chi connectivity index (χ2n) is 5.11. The van der Waals surface area contributed by atoms with Crippen molar-refractivity contribution in [1.29, 1.82) is 0 Å². The minimum absolute atomic E-state index is 0.129. The summed E-state index contributed by atoms with van der Waals surface area (Å²) in [4.78, 5) is 8.71. The van der Waals surface area contributed by atoms with E-state index in [2.05, 4.69) is 16.9 Å². The summed E-state index contributed by atoms with van der Waals surface area (Å²) >= 11 is 0. The molecule has 4 nitrogen and oxygen atoms in total. The van der Waals surface area contributed by atoms with Crippen molar-refractivity contribution in [2.45, 2.75) is 44.1 Å². The normalized spacial score (nSPS) is 29.6. The van der Waals surface area contributed by atoms with Gasteiger partial charge in [0.05, 0.1) is 5.41 Å². The van der Waals surface area contributed by atoms with Crippen molar-refractivity contribution >= 4 is 11.2 Å². The van der Waals surface area contributed by atoms with Crippen LogP contribution in [-0.2, 0) is 5.41 Å². The van der Waals surface area contributed by atoms with Gasteiger partial charge in [0.1, 0.15) is 0 Å². The van der Waals surface area contributed by atoms with E-state index in [1.54, 1.807) is 6.20 Å². The molecule has 2 atom stereocenters. The third kappa shape index (κ3) is 1.63. The molecule has 0 amide bonds. The molecular weight excluding hydrogens is 214 g/mol. The Morgan fingerprint density at radius 2 is 2.35 bits per heavy atom. The number of hydrogen-bond acceptors (Lipinski definition) is 4. The first-order valence-electron chi connectivity index (χ1n) is 6.18. The number of pyridine rings is 1. The predicted octanol–water partition coefficient (Wildman–Crippen LogP) is 2.38. The molecule has 1 fully saturated rings. The van der Waals surface area contributed by atoms with Gasteiger partial charge < -0.3 is 10.2 Å². The molecule has 17 heavy (non-hydrogen) atoms. The summed E-state index contributed by atoms with van der Waals surface area (Å²) in [5, 5.41) is 0. The molecule has 2 aromatic heterocycles. The zero-order valence-electron chi connectivity index (χ0n) is 10.0. The molecule has 0 saturated heterocycles. The van der Waals surface area contributed by atoms with Gasteiger partial charge in [-0.2, -0.15) is 4.98 Å². The highest BCUT2D eigenvalue weighted by Gasteiger charge is 2.40. The summed E-state index contributed by atoms with van der Waals surface area (Å²) in [6.07, 6.45) is 6.22. The van der Waals surface area contributed by atoms with Crippen molar-refractivity contribution < 1.29 is 4.42 Å². The molecule has 1 aliphatic carbocycles. The van der Waals surface area contributed by atoms with Crippen LogP contribution in [0.1, 0.15) is 38.5 Å². The largest absolute Gasteiger partial charge is 0.438 e. The lowest BCUT2D eigenvalue weighted by atomic mass is 9.72. The molecule has 3 rings (SSSR count). The van der Waals surface area contributed by atoms with Crippen molar-refractivity contribution in [3.63, 3.8) is 0 Å². The van der Waals surface area contributed by atoms with Gasteiger partial charge in [-0.05, 0) is 31.9 Å². The SMILES string of the molecule is CC1(c2nc3ncccc3o2)CCCCC1N. The second kappa shape index (κ2) is 3.81. The van der Waals surface area contributed by atoms with Crippen molar-refractivity contribution in [3.05, 3.63) is 24.2 Å². The molecule has 90 valence electrons. The van der Waals surface area contributed by atoms with E-state index in [0.717, 1.165) is 24.3 Å². The maximum atomic E-state index is 6.25. The van der Waals surface area contributed by atoms with E-state index in [-0.39, 0.29) is 11.5 Å². The van der Waals surface area contributed by atoms with Crippen LogP contribution in [0.15, 0.2) is 22.7 Å². The fourth-order valence-corrected chi connectivity index (χ4v) is 2.64. The average Bonchev–Trinajstić information content (AvgIpc) is 2.77. The average molecular weight is 231 g/mol. The molecule has 0 aliphatic heterocycles. The minimum atomic E-state index is -0.140. The van der Waals surface area contributed by atoms with Crippen molar-refractivity contribution in [1.82, 2.24) is 9.97 Å². The van der Waals surface area contributed by atoms with Crippen LogP contribution in [0.3, 0.4) is 0 Å². The Hall–Kier alpha value is -1.42. The maximum Gasteiger partial charge on any atom is 0.204 e. The fraction of sp³-hybridized carbons (Fsp3) is 0.538. The topological polar surface area (TPSA) is 64.9 Å². The summed E-state index contributed by atoms with van der Waals surface area (Å²) in [5.41, 5.74) is 7.54. The molecule has 2 aromatic rings. The van der Waals surface area contributed by atoms with Crippen LogP contribution in [0, 0.1) is 0 Å². The zero-order valence-corrected chi connectivity index (χ0v) is 10.0. The monoisotopic (exact) mass is 231 g/mol. The summed E-state index contributed by atoms with van der Waals surface area (Å²) in [6, 6.07) is 3.89. The maximum absolute atomic E-state index is 6.25. The summed E-state index contributed by atoms with van der Waals surface area (Å²) < 4.78 is 5.83. The Bertz CT molecular complexity index is 503. The van der Waals surface area contributed by atoms with Gasteiger partial charge >= 0.3 is 0 Å². The number of rotatable bonds is 1. The lowest BCUT2D eigenvalue weighted by molar-refractivity contribution is 0.226. The van der Waals surface area contributed by atoms with Gasteiger partial charge in [0.2, 0.25) is 5.89 Å². The molecule has 1 saturated carbocycles. The van der Waals surface area contributed by atoms with Gasteiger partial charge in [-0.15, -0.1) is 0 Å². The minimum Gasteiger partial charge on any atom is -0.438 e. The zero-order chi connectivity index (χ0) is 11.9. The smallest absolute Gasteiger partial charge is 0.204 e. The first-order chi connectivity index (χ1) is 8.20. The van der Waals surface area contributed by atoms with Gasteiger partial charge in [0, 0.05) is 12.2 Å². The van der Waals surface area contributed by atoms with E-state index in [4.69, 9.17) is 10.2 Å². The van der Waals surface area contributed by atoms with Gasteiger partial charge in [0.25, 0.3) is 0 Å². The highest BCUT2D eigenvalue weighted by Crippen LogP contribution is 2.38. The van der Waals surface area contributed by atoms with Crippen LogP contribution in [0.25, 0.3) is 11.2 Å². The Balaban J connectivity index is 2.07. The Kier molecular flexibility index (Phi) is 2.40. The van der Waals surface area contributed by atoms with E-state index >= 15 is 0 Å². The van der Waals surface area contributed by atoms with Crippen LogP contribution in [0.5, 0.6) is 0 Å². The van der Waals surface area contributed by atoms with Gasteiger partial charge in [-0.1, -0.05) is 12.8 Å². The first-order valence-corrected chi connectivity index (χ1v) is 6.18. The van der Waals surface area contributed by atoms with Gasteiger partial charge in [-0.25, -0.2) is 4.98 Å². The number of aromatic nitrogens is 2. The molecule has 0 radical (unpaired) electrons. The lowest BCUT2D eigenvalue weighted by Crippen LogP contribution is -2.45. The number of oxazole rings is 1. The lowest BCUT2D eigenvalue weighted by Gasteiger charge is -2.36. The summed E-state index contributed by atoms with van der Waals surface area (Å²) in [5.74, 6) is 0.749. The van der Waals surface area contributed by atoms with Crippen molar-refractivity contribution in [2.75, 3.05) is 0 Å². The number of nitrogens with two attached hydrogens (primary N) is 1. The predicted molar refractivity (Wildman–Crippen MR) is 65.6 cm³/mol. The van der Waals surface area contributed by atoms with E-state index < -0.39 is 0 Å². The Labute approximate surface area is 100 Å². The molecular formula is C13H17N3O. The second-order valence-corrected chi connectivity index (χ2v) is 5.11. The van der Waals surface area contributed by atoms with Gasteiger partial charge in [0.15, 0.2) is 11.2 Å². The first kappa shape index (κ1) is 10.7. The van der Waals surface area contributed by atoms with E-state index in [0.29, 0.717) is 5.65 Å². The van der Waals surface area contributed by atoms with Crippen LogP contribution < -0.4 is 5.73 Å². The molecule has 0 bridgehead atoms. The summed E-state index contributed by atoms with van der Waals surface area (Å²) in [6.45, 7) is 2.15. The van der Waals surface area contributed by atoms with Crippen molar-refractivity contribution in [2.24, 2.45) is 5.73 Å². The Morgan fingerprint density at radius 1 is 1.47 bits per heavy atom. The van der Waals surface area contributed by atoms with Gasteiger partial charge in [-0.3, -0.25) is 0 Å². The highest BCUT2D eigenvalue weighted by molar-refractivity contribution is 5.67. The molecule has 4 heteroatoms. The van der Waals surface area contributed by atoms with E-state index in [9.17, 15) is 0 Å². The van der Waals surface area contributed by atoms with Crippen LogP contribution in [0.4, 0.5) is 0 Å². The van der Waals surface area contributed by atoms with E-state index in [1.807, 2.05) is 12.1 Å². The van der Waals surface area contributed by atoms with E-state index in [1.165, 1.54) is 12.8 Å². The number of fused-ring (bicyclic) bond motifs is 1. The molecule has 0 spiro atoms. The molecule has 1 aliphatic rings. The van der Waals surface area contributed by atoms with Crippen LogP contribution in [0.2, 0.25) is 0 Å². The van der Waals surface area contributed by atoms with Crippen molar-refractivity contribution in [3.8, 4) is 0 Å². The highest BCUT2D eigenvalue weighted by atomic mass is 16.3. The number of nitrogens with zero attached hydrogens (tertiary/aromatic N) is 2. The molecule has 2 unspecified atom stereocenters. The van der Waals surface area contributed by atoms with Crippen LogP contribution in [-0.4, -0.2) is 16.0 Å². The van der Waals surface area contributed by atoms with Crippen LogP contribution >= 0.6 is 0 Å². The third-order valence-electron chi connectivity index (χ3n) is 3.93. The molecule has 2 heterocycles. The number of hydrogen-bond donors (Lipinski definition) is 1. The Morgan fingerprint density at radius 3 is 3.12 bits per heavy atom.